The Bertz CT molecular complexity index is 715. The van der Waals surface area contributed by atoms with E-state index in [-0.39, 0.29) is 11.7 Å². The molecule has 0 bridgehead atoms. The maximum atomic E-state index is 12.3. The molecule has 25 heavy (non-hydrogen) atoms. The Balaban J connectivity index is 1.41. The van der Waals surface area contributed by atoms with Gasteiger partial charge in [-0.05, 0) is 61.6 Å². The number of carbonyl (C=O) groups is 1. The van der Waals surface area contributed by atoms with Crippen LogP contribution in [0.3, 0.4) is 0 Å². The maximum absolute atomic E-state index is 12.3. The van der Waals surface area contributed by atoms with Crippen LogP contribution in [0.25, 0.3) is 0 Å². The molecule has 1 atom stereocenters. The summed E-state index contributed by atoms with van der Waals surface area (Å²) in [6, 6.07) is 15.4. The average Bonchev–Trinajstić information content (AvgIpc) is 3.03. The molecular weight excluding hydrogens is 312 g/mol. The van der Waals surface area contributed by atoms with Gasteiger partial charge in [-0.15, -0.1) is 0 Å². The molecule has 1 heterocycles. The molecule has 0 aromatic heterocycles. The number of benzene rings is 2. The highest BCUT2D eigenvalue weighted by Crippen LogP contribution is 2.21. The summed E-state index contributed by atoms with van der Waals surface area (Å²) in [5.74, 6) is 0.778. The first kappa shape index (κ1) is 17.5. The minimum absolute atomic E-state index is 0.0587. The Morgan fingerprint density at radius 3 is 2.80 bits per heavy atom. The summed E-state index contributed by atoms with van der Waals surface area (Å²) in [6.45, 7) is 5.78. The van der Waals surface area contributed by atoms with Crippen LogP contribution >= 0.6 is 0 Å². The van der Waals surface area contributed by atoms with E-state index in [2.05, 4.69) is 40.5 Å². The van der Waals surface area contributed by atoms with Crippen LogP contribution in [0.5, 0.6) is 5.75 Å². The molecule has 4 nitrogen and oxygen atoms in total. The Kier molecular flexibility index (Phi) is 5.71. The summed E-state index contributed by atoms with van der Waals surface area (Å²) in [7, 11) is 0. The second-order valence-corrected chi connectivity index (χ2v) is 6.92. The number of aromatic hydroxyl groups is 1. The van der Waals surface area contributed by atoms with E-state index in [1.165, 1.54) is 12.0 Å². The molecule has 132 valence electrons. The van der Waals surface area contributed by atoms with Crippen molar-refractivity contribution in [3.8, 4) is 5.75 Å². The van der Waals surface area contributed by atoms with Gasteiger partial charge in [-0.2, -0.15) is 0 Å². The number of hydrogen-bond donors (Lipinski definition) is 2. The number of aryl methyl sites for hydroxylation is 1. The lowest BCUT2D eigenvalue weighted by Gasteiger charge is -2.16. The first-order valence-electron chi connectivity index (χ1n) is 8.96. The second-order valence-electron chi connectivity index (χ2n) is 6.92. The van der Waals surface area contributed by atoms with E-state index >= 15 is 0 Å². The standard InChI is InChI=1S/C21H26N2O2/c1-16-13-19(24)7-8-20(16)21(25)22-11-9-18-10-12-23(15-18)14-17-5-3-2-4-6-17/h2-8,13,18,24H,9-12,14-15H2,1H3,(H,22,25)/t18-/m0/s1. The van der Waals surface area contributed by atoms with E-state index in [1.807, 2.05) is 6.92 Å². The molecule has 0 radical (unpaired) electrons. The highest BCUT2D eigenvalue weighted by atomic mass is 16.3. The SMILES string of the molecule is Cc1cc(O)ccc1C(=O)NCC[C@H]1CCN(Cc2ccccc2)C1. The Hall–Kier alpha value is -2.33. The fraction of sp³-hybridized carbons (Fsp3) is 0.381. The van der Waals surface area contributed by atoms with Gasteiger partial charge >= 0.3 is 0 Å². The summed E-state index contributed by atoms with van der Waals surface area (Å²) in [4.78, 5) is 14.7. The fourth-order valence-corrected chi connectivity index (χ4v) is 3.52. The number of nitrogens with one attached hydrogen (secondary N) is 1. The van der Waals surface area contributed by atoms with Gasteiger partial charge in [0.25, 0.3) is 5.91 Å². The van der Waals surface area contributed by atoms with E-state index in [0.717, 1.165) is 31.6 Å². The molecule has 2 aromatic rings. The first-order chi connectivity index (χ1) is 12.1. The highest BCUT2D eigenvalue weighted by Gasteiger charge is 2.22. The second kappa shape index (κ2) is 8.17. The molecule has 3 rings (SSSR count). The Labute approximate surface area is 149 Å². The lowest BCUT2D eigenvalue weighted by atomic mass is 10.0. The number of phenolic OH excluding ortho intramolecular Hbond substituents is 1. The quantitative estimate of drug-likeness (QED) is 0.849. The lowest BCUT2D eigenvalue weighted by molar-refractivity contribution is 0.0951. The van der Waals surface area contributed by atoms with Crippen LogP contribution in [0, 0.1) is 12.8 Å². The summed E-state index contributed by atoms with van der Waals surface area (Å²) < 4.78 is 0. The number of likely N-dealkylation sites (tertiary alicyclic amines) is 1. The van der Waals surface area contributed by atoms with Gasteiger partial charge in [0.1, 0.15) is 5.75 Å². The van der Waals surface area contributed by atoms with Crippen LogP contribution in [0.2, 0.25) is 0 Å². The Morgan fingerprint density at radius 2 is 2.04 bits per heavy atom. The fourth-order valence-electron chi connectivity index (χ4n) is 3.52. The number of hydrogen-bond acceptors (Lipinski definition) is 3. The van der Waals surface area contributed by atoms with Crippen molar-refractivity contribution < 1.29 is 9.90 Å². The predicted octanol–water partition coefficient (Wildman–Crippen LogP) is 3.34. The van der Waals surface area contributed by atoms with Crippen LogP contribution in [0.4, 0.5) is 0 Å². The summed E-state index contributed by atoms with van der Waals surface area (Å²) >= 11 is 0. The molecule has 1 saturated heterocycles. The normalized spacial score (nSPS) is 17.6. The van der Waals surface area contributed by atoms with Gasteiger partial charge in [0, 0.05) is 25.2 Å². The summed E-state index contributed by atoms with van der Waals surface area (Å²) in [5, 5.41) is 12.4. The van der Waals surface area contributed by atoms with E-state index in [9.17, 15) is 9.90 Å². The van der Waals surface area contributed by atoms with Gasteiger partial charge in [0.15, 0.2) is 0 Å². The van der Waals surface area contributed by atoms with Crippen molar-refractivity contribution >= 4 is 5.91 Å². The molecule has 0 aliphatic carbocycles. The molecule has 0 spiro atoms. The van der Waals surface area contributed by atoms with E-state index in [1.54, 1.807) is 18.2 Å². The minimum Gasteiger partial charge on any atom is -0.508 e. The maximum Gasteiger partial charge on any atom is 0.251 e. The van der Waals surface area contributed by atoms with Crippen molar-refractivity contribution in [2.45, 2.75) is 26.3 Å². The number of amides is 1. The van der Waals surface area contributed by atoms with Gasteiger partial charge in [-0.25, -0.2) is 0 Å². The largest absolute Gasteiger partial charge is 0.508 e. The van der Waals surface area contributed by atoms with Gasteiger partial charge in [0.2, 0.25) is 0 Å². The Morgan fingerprint density at radius 1 is 1.24 bits per heavy atom. The molecule has 2 aromatic carbocycles. The predicted molar refractivity (Wildman–Crippen MR) is 99.6 cm³/mol. The zero-order valence-electron chi connectivity index (χ0n) is 14.7. The van der Waals surface area contributed by atoms with Gasteiger partial charge < -0.3 is 10.4 Å². The van der Waals surface area contributed by atoms with Crippen molar-refractivity contribution in [2.24, 2.45) is 5.92 Å². The molecule has 1 aliphatic heterocycles. The third-order valence-corrected chi connectivity index (χ3v) is 4.91. The third kappa shape index (κ3) is 4.83. The van der Waals surface area contributed by atoms with Crippen LogP contribution < -0.4 is 5.32 Å². The van der Waals surface area contributed by atoms with Crippen molar-refractivity contribution in [1.82, 2.24) is 10.2 Å². The van der Waals surface area contributed by atoms with Gasteiger partial charge in [-0.3, -0.25) is 9.69 Å². The molecule has 4 heteroatoms. The summed E-state index contributed by atoms with van der Waals surface area (Å²) in [5.41, 5.74) is 2.79. The van der Waals surface area contributed by atoms with E-state index in [4.69, 9.17) is 0 Å². The average molecular weight is 338 g/mol. The lowest BCUT2D eigenvalue weighted by Crippen LogP contribution is -2.27. The molecule has 1 aliphatic rings. The zero-order valence-corrected chi connectivity index (χ0v) is 14.7. The zero-order chi connectivity index (χ0) is 17.6. The topological polar surface area (TPSA) is 52.6 Å². The van der Waals surface area contributed by atoms with Crippen molar-refractivity contribution in [3.63, 3.8) is 0 Å². The molecule has 0 saturated carbocycles. The molecule has 1 fully saturated rings. The van der Waals surface area contributed by atoms with Crippen LogP contribution in [0.1, 0.15) is 34.3 Å². The minimum atomic E-state index is -0.0587. The third-order valence-electron chi connectivity index (χ3n) is 4.91. The van der Waals surface area contributed by atoms with Crippen LogP contribution in [0.15, 0.2) is 48.5 Å². The molecule has 0 unspecified atom stereocenters. The van der Waals surface area contributed by atoms with Gasteiger partial charge in [-0.1, -0.05) is 30.3 Å². The number of rotatable bonds is 6. The van der Waals surface area contributed by atoms with E-state index < -0.39 is 0 Å². The molecular formula is C21H26N2O2. The molecule has 1 amide bonds. The van der Waals surface area contributed by atoms with E-state index in [0.29, 0.717) is 18.0 Å². The van der Waals surface area contributed by atoms with Crippen molar-refractivity contribution in [2.75, 3.05) is 19.6 Å². The van der Waals surface area contributed by atoms with Crippen molar-refractivity contribution in [3.05, 3.63) is 65.2 Å². The van der Waals surface area contributed by atoms with Crippen LogP contribution in [-0.4, -0.2) is 35.5 Å². The molecule has 2 N–H and O–H groups in total. The number of nitrogens with zero attached hydrogens (tertiary/aromatic N) is 1. The van der Waals surface area contributed by atoms with Crippen molar-refractivity contribution in [1.29, 1.82) is 0 Å². The highest BCUT2D eigenvalue weighted by molar-refractivity contribution is 5.95. The summed E-state index contributed by atoms with van der Waals surface area (Å²) in [6.07, 6.45) is 2.20. The number of carbonyl (C=O) groups excluding carboxylic acids is 1. The first-order valence-corrected chi connectivity index (χ1v) is 8.96. The van der Waals surface area contributed by atoms with Gasteiger partial charge in [0.05, 0.1) is 0 Å². The number of phenols is 1. The monoisotopic (exact) mass is 338 g/mol. The van der Waals surface area contributed by atoms with Crippen LogP contribution in [-0.2, 0) is 6.54 Å². The smallest absolute Gasteiger partial charge is 0.251 e.